The van der Waals surface area contributed by atoms with Gasteiger partial charge in [0.25, 0.3) is 0 Å². The maximum absolute atomic E-state index is 15.0. The van der Waals surface area contributed by atoms with E-state index < -0.39 is 12.0 Å². The molecule has 11 heteroatoms. The van der Waals surface area contributed by atoms with Crippen molar-refractivity contribution >= 4 is 27.8 Å². The van der Waals surface area contributed by atoms with Gasteiger partial charge in [-0.05, 0) is 55.8 Å². The molecule has 4 aliphatic heterocycles. The number of nitrogens with one attached hydrogen (secondary N) is 1. The largest absolute Gasteiger partial charge is 0.508 e. The monoisotopic (exact) mass is 548 g/mol. The van der Waals surface area contributed by atoms with Gasteiger partial charge >= 0.3 is 6.01 Å². The van der Waals surface area contributed by atoms with Crippen LogP contribution in [0.3, 0.4) is 0 Å². The minimum absolute atomic E-state index is 0.0209. The van der Waals surface area contributed by atoms with E-state index in [9.17, 15) is 13.9 Å². The summed E-state index contributed by atoms with van der Waals surface area (Å²) in [5.74, 6) is 0.264. The lowest BCUT2D eigenvalue weighted by Crippen LogP contribution is -2.51. The number of alkyl halides is 1. The summed E-state index contributed by atoms with van der Waals surface area (Å²) in [4.78, 5) is 18.4. The van der Waals surface area contributed by atoms with Crippen LogP contribution in [0.25, 0.3) is 33.5 Å². The highest BCUT2D eigenvalue weighted by Gasteiger charge is 2.49. The lowest BCUT2D eigenvalue weighted by Gasteiger charge is -2.33. The van der Waals surface area contributed by atoms with Crippen molar-refractivity contribution in [1.82, 2.24) is 25.2 Å². The lowest BCUT2D eigenvalue weighted by atomic mass is 9.95. The minimum Gasteiger partial charge on any atom is -0.508 e. The second-order valence-corrected chi connectivity index (χ2v) is 11.7. The first-order valence-electron chi connectivity index (χ1n) is 14.1. The van der Waals surface area contributed by atoms with Gasteiger partial charge in [0, 0.05) is 43.5 Å². The molecule has 0 spiro atoms. The van der Waals surface area contributed by atoms with Crippen LogP contribution in [-0.2, 0) is 0 Å². The van der Waals surface area contributed by atoms with Crippen molar-refractivity contribution < 1.29 is 23.0 Å². The van der Waals surface area contributed by atoms with Crippen molar-refractivity contribution in [2.45, 2.75) is 55.9 Å². The maximum Gasteiger partial charge on any atom is 0.320 e. The number of phenolic OH excluding ortho intramolecular Hbond substituents is 1. The Balaban J connectivity index is 1.22. The smallest absolute Gasteiger partial charge is 0.320 e. The van der Waals surface area contributed by atoms with Crippen LogP contribution < -0.4 is 15.0 Å². The van der Waals surface area contributed by atoms with E-state index in [1.165, 1.54) is 18.2 Å². The summed E-state index contributed by atoms with van der Waals surface area (Å²) in [6.07, 6.45) is 3.69. The third-order valence-electron chi connectivity index (χ3n) is 9.10. The summed E-state index contributed by atoms with van der Waals surface area (Å²) in [6.45, 7) is 3.13. The highest BCUT2D eigenvalue weighted by molar-refractivity contribution is 5.97. The highest BCUT2D eigenvalue weighted by Crippen LogP contribution is 2.41. The zero-order valence-electron chi connectivity index (χ0n) is 21.9. The Hall–Kier alpha value is -3.57. The van der Waals surface area contributed by atoms with E-state index in [1.807, 2.05) is 0 Å². The molecule has 4 atom stereocenters. The van der Waals surface area contributed by atoms with E-state index >= 15 is 0 Å². The lowest BCUT2D eigenvalue weighted by molar-refractivity contribution is 0.107. The molecular formula is C29H30F2N6O3. The zero-order valence-corrected chi connectivity index (χ0v) is 21.9. The van der Waals surface area contributed by atoms with Crippen molar-refractivity contribution in [3.8, 4) is 23.2 Å². The normalized spacial score (nSPS) is 28.1. The van der Waals surface area contributed by atoms with Crippen molar-refractivity contribution in [3.63, 3.8) is 0 Å². The van der Waals surface area contributed by atoms with Gasteiger partial charge < -0.3 is 24.5 Å². The van der Waals surface area contributed by atoms with Gasteiger partial charge in [0.1, 0.15) is 24.3 Å². The average Bonchev–Trinajstić information content (AvgIpc) is 3.68. The SMILES string of the molecule is Oc1cc(-c2nc3nc(OC[C@@]45CCCN4C[C@H](F)C5)nc(N4CC5CCC(C4)N5)c3o2)c2c(F)cccc2c1. The van der Waals surface area contributed by atoms with Gasteiger partial charge in [0.15, 0.2) is 5.82 Å². The second-order valence-electron chi connectivity index (χ2n) is 11.7. The Bertz CT molecular complexity index is 1620. The molecule has 40 heavy (non-hydrogen) atoms. The molecule has 2 N–H and O–H groups in total. The molecule has 4 fully saturated rings. The third-order valence-corrected chi connectivity index (χ3v) is 9.10. The number of benzene rings is 2. The molecule has 4 aliphatic rings. The van der Waals surface area contributed by atoms with E-state index in [-0.39, 0.29) is 23.2 Å². The number of ether oxygens (including phenoxy) is 1. The Kier molecular flexibility index (Phi) is 5.44. The molecule has 2 aromatic heterocycles. The summed E-state index contributed by atoms with van der Waals surface area (Å²) >= 11 is 0. The summed E-state index contributed by atoms with van der Waals surface area (Å²) in [6, 6.07) is 8.53. The second kappa shape index (κ2) is 8.97. The van der Waals surface area contributed by atoms with E-state index in [1.54, 1.807) is 12.1 Å². The topological polar surface area (TPSA) is 99.8 Å². The molecule has 2 aromatic carbocycles. The van der Waals surface area contributed by atoms with Crippen LogP contribution in [0.1, 0.15) is 32.1 Å². The number of piperazine rings is 1. The van der Waals surface area contributed by atoms with Crippen LogP contribution in [-0.4, -0.2) is 81.5 Å². The average molecular weight is 549 g/mol. The van der Waals surface area contributed by atoms with Crippen molar-refractivity contribution in [1.29, 1.82) is 0 Å². The highest BCUT2D eigenvalue weighted by atomic mass is 19.1. The Labute approximate surface area is 229 Å². The molecule has 8 rings (SSSR count). The van der Waals surface area contributed by atoms with Gasteiger partial charge in [-0.2, -0.15) is 15.0 Å². The van der Waals surface area contributed by atoms with Crippen LogP contribution in [0.5, 0.6) is 11.8 Å². The summed E-state index contributed by atoms with van der Waals surface area (Å²) in [5.41, 5.74) is 0.686. The molecule has 0 saturated carbocycles. The van der Waals surface area contributed by atoms with E-state index in [2.05, 4.69) is 25.1 Å². The van der Waals surface area contributed by atoms with Crippen LogP contribution in [0.2, 0.25) is 0 Å². The van der Waals surface area contributed by atoms with Gasteiger partial charge in [-0.15, -0.1) is 0 Å². The number of fused-ring (bicyclic) bond motifs is 5. The van der Waals surface area contributed by atoms with Crippen LogP contribution in [0.15, 0.2) is 34.7 Å². The predicted octanol–water partition coefficient (Wildman–Crippen LogP) is 4.18. The standard InChI is InChI=1S/C29H30F2N6O3/c30-17-11-29(7-2-8-37(29)12-17)15-39-28-34-25-24(26(35-28)36-13-18-5-6-19(14-36)32-18)40-27(33-25)21-10-20(38)9-16-3-1-4-22(31)23(16)21/h1,3-4,9-10,17-19,32,38H,2,5-8,11-15H2/t17-,18?,19?,29+/m1/s1. The first-order chi connectivity index (χ1) is 19.4. The van der Waals surface area contributed by atoms with Crippen LogP contribution in [0, 0.1) is 5.82 Å². The molecule has 0 amide bonds. The number of halogens is 2. The molecule has 4 aromatic rings. The fourth-order valence-electron chi connectivity index (χ4n) is 7.34. The molecule has 0 aliphatic carbocycles. The quantitative estimate of drug-likeness (QED) is 0.381. The van der Waals surface area contributed by atoms with Crippen molar-refractivity contribution in [3.05, 3.63) is 36.1 Å². The number of aromatic hydroxyl groups is 1. The Morgan fingerprint density at radius 3 is 2.83 bits per heavy atom. The van der Waals surface area contributed by atoms with Crippen molar-refractivity contribution in [2.24, 2.45) is 0 Å². The fraction of sp³-hybridized carbons (Fsp3) is 0.483. The first kappa shape index (κ1) is 24.2. The minimum atomic E-state index is -0.852. The third kappa shape index (κ3) is 3.89. The van der Waals surface area contributed by atoms with Crippen LogP contribution >= 0.6 is 0 Å². The molecule has 2 unspecified atom stereocenters. The predicted molar refractivity (Wildman–Crippen MR) is 145 cm³/mol. The number of oxazole rings is 1. The number of hydrogen-bond donors (Lipinski definition) is 2. The molecule has 2 bridgehead atoms. The van der Waals surface area contributed by atoms with Gasteiger partial charge in [0.2, 0.25) is 17.1 Å². The van der Waals surface area contributed by atoms with E-state index in [4.69, 9.17) is 14.1 Å². The molecular weight excluding hydrogens is 518 g/mol. The Morgan fingerprint density at radius 1 is 1.12 bits per heavy atom. The van der Waals surface area contributed by atoms with Gasteiger partial charge in [-0.3, -0.25) is 4.90 Å². The zero-order chi connectivity index (χ0) is 27.0. The summed E-state index contributed by atoms with van der Waals surface area (Å²) < 4.78 is 41.8. The molecule has 6 heterocycles. The summed E-state index contributed by atoms with van der Waals surface area (Å²) in [5, 5.41) is 14.9. The fourth-order valence-corrected chi connectivity index (χ4v) is 7.34. The van der Waals surface area contributed by atoms with Gasteiger partial charge in [-0.1, -0.05) is 12.1 Å². The Morgan fingerprint density at radius 2 is 1.98 bits per heavy atom. The van der Waals surface area contributed by atoms with Gasteiger partial charge in [0.05, 0.1) is 11.1 Å². The number of hydrogen-bond acceptors (Lipinski definition) is 9. The van der Waals surface area contributed by atoms with Crippen molar-refractivity contribution in [2.75, 3.05) is 37.7 Å². The van der Waals surface area contributed by atoms with Crippen LogP contribution in [0.4, 0.5) is 14.6 Å². The number of aromatic nitrogens is 3. The van der Waals surface area contributed by atoms with E-state index in [0.717, 1.165) is 45.3 Å². The van der Waals surface area contributed by atoms with Gasteiger partial charge in [-0.25, -0.2) is 8.78 Å². The number of phenols is 1. The molecule has 208 valence electrons. The molecule has 9 nitrogen and oxygen atoms in total. The number of nitrogens with zero attached hydrogens (tertiary/aromatic N) is 5. The number of anilines is 1. The molecule has 4 saturated heterocycles. The first-order valence-corrected chi connectivity index (χ1v) is 14.1. The maximum atomic E-state index is 15.0. The number of rotatable bonds is 5. The summed E-state index contributed by atoms with van der Waals surface area (Å²) in [7, 11) is 0. The van der Waals surface area contributed by atoms with E-state index in [0.29, 0.717) is 65.0 Å². The molecule has 0 radical (unpaired) electrons.